The fraction of sp³-hybridized carbons (Fsp3) is 0.273. The fourth-order valence-electron chi connectivity index (χ4n) is 1.29. The van der Waals surface area contributed by atoms with Crippen LogP contribution in [0.15, 0.2) is 28.7 Å². The Morgan fingerprint density at radius 1 is 1.41 bits per heavy atom. The molecule has 0 aliphatic rings. The van der Waals surface area contributed by atoms with Crippen LogP contribution in [0.2, 0.25) is 5.02 Å². The van der Waals surface area contributed by atoms with Gasteiger partial charge in [-0.2, -0.15) is 0 Å². The molecule has 0 aliphatic carbocycles. The van der Waals surface area contributed by atoms with E-state index in [0.29, 0.717) is 23.5 Å². The first-order valence-electron chi connectivity index (χ1n) is 5.11. The van der Waals surface area contributed by atoms with E-state index in [-0.39, 0.29) is 5.38 Å². The first kappa shape index (κ1) is 12.2. The van der Waals surface area contributed by atoms with Gasteiger partial charge in [-0.15, -0.1) is 16.7 Å². The molecule has 0 saturated heterocycles. The molecule has 1 heterocycles. The Bertz CT molecular complexity index is 499. The number of nitrogens with zero attached hydrogens (tertiary/aromatic N) is 2. The summed E-state index contributed by atoms with van der Waals surface area (Å²) < 4.78 is 5.30. The van der Waals surface area contributed by atoms with Crippen LogP contribution in [0.4, 0.5) is 6.01 Å². The zero-order valence-electron chi connectivity index (χ0n) is 9.15. The maximum Gasteiger partial charge on any atom is 0.315 e. The first-order chi connectivity index (χ1) is 8.15. The van der Waals surface area contributed by atoms with Gasteiger partial charge in [-0.05, 0) is 24.6 Å². The van der Waals surface area contributed by atoms with Gasteiger partial charge in [0.25, 0.3) is 0 Å². The summed E-state index contributed by atoms with van der Waals surface area (Å²) in [6.07, 6.45) is 0. The SMILES string of the molecule is CC(Cl)c1nnc(NCc2cccc(Cl)c2)o1. The second kappa shape index (κ2) is 5.38. The largest absolute Gasteiger partial charge is 0.406 e. The van der Waals surface area contributed by atoms with Gasteiger partial charge in [-0.1, -0.05) is 28.8 Å². The summed E-state index contributed by atoms with van der Waals surface area (Å²) in [5, 5.41) is 11.1. The summed E-state index contributed by atoms with van der Waals surface area (Å²) in [4.78, 5) is 0. The lowest BCUT2D eigenvalue weighted by Gasteiger charge is -2.01. The van der Waals surface area contributed by atoms with Crippen molar-refractivity contribution in [3.8, 4) is 0 Å². The fourth-order valence-corrected chi connectivity index (χ4v) is 1.59. The molecule has 0 spiro atoms. The molecule has 17 heavy (non-hydrogen) atoms. The molecule has 1 unspecified atom stereocenters. The summed E-state index contributed by atoms with van der Waals surface area (Å²) in [5.74, 6) is 0.403. The van der Waals surface area contributed by atoms with E-state index in [9.17, 15) is 0 Å². The first-order valence-corrected chi connectivity index (χ1v) is 5.92. The molecule has 0 saturated carbocycles. The molecule has 2 rings (SSSR count). The predicted molar refractivity (Wildman–Crippen MR) is 67.3 cm³/mol. The quantitative estimate of drug-likeness (QED) is 0.863. The average molecular weight is 272 g/mol. The third-order valence-electron chi connectivity index (χ3n) is 2.11. The summed E-state index contributed by atoms with van der Waals surface area (Å²) in [6.45, 7) is 2.34. The number of benzene rings is 1. The van der Waals surface area contributed by atoms with Gasteiger partial charge < -0.3 is 9.73 Å². The normalized spacial score (nSPS) is 12.4. The van der Waals surface area contributed by atoms with Crippen molar-refractivity contribution in [2.24, 2.45) is 0 Å². The zero-order chi connectivity index (χ0) is 12.3. The smallest absolute Gasteiger partial charge is 0.315 e. The van der Waals surface area contributed by atoms with E-state index < -0.39 is 0 Å². The highest BCUT2D eigenvalue weighted by Crippen LogP contribution is 2.19. The number of alkyl halides is 1. The Hall–Kier alpha value is -1.26. The van der Waals surface area contributed by atoms with Gasteiger partial charge in [0.1, 0.15) is 5.38 Å². The number of hydrogen-bond acceptors (Lipinski definition) is 4. The molecule has 0 fully saturated rings. The Balaban J connectivity index is 1.97. The minimum atomic E-state index is -0.288. The Labute approximate surface area is 109 Å². The summed E-state index contributed by atoms with van der Waals surface area (Å²) in [5.41, 5.74) is 1.04. The molecule has 4 nitrogen and oxygen atoms in total. The van der Waals surface area contributed by atoms with Crippen molar-refractivity contribution in [2.75, 3.05) is 5.32 Å². The van der Waals surface area contributed by atoms with Gasteiger partial charge in [0.2, 0.25) is 5.89 Å². The van der Waals surface area contributed by atoms with Gasteiger partial charge >= 0.3 is 6.01 Å². The lowest BCUT2D eigenvalue weighted by Crippen LogP contribution is -1.99. The molecule has 0 bridgehead atoms. The number of anilines is 1. The zero-order valence-corrected chi connectivity index (χ0v) is 10.7. The van der Waals surface area contributed by atoms with Crippen molar-refractivity contribution in [2.45, 2.75) is 18.8 Å². The molecule has 0 aliphatic heterocycles. The standard InChI is InChI=1S/C11H11Cl2N3O/c1-7(12)10-15-16-11(17-10)14-6-8-3-2-4-9(13)5-8/h2-5,7H,6H2,1H3,(H,14,16). The second-order valence-corrected chi connectivity index (χ2v) is 4.64. The van der Waals surface area contributed by atoms with Crippen molar-refractivity contribution in [1.82, 2.24) is 10.2 Å². The molecule has 90 valence electrons. The Kier molecular flexibility index (Phi) is 3.86. The van der Waals surface area contributed by atoms with Crippen LogP contribution in [0.1, 0.15) is 23.8 Å². The van der Waals surface area contributed by atoms with E-state index in [1.807, 2.05) is 24.3 Å². The topological polar surface area (TPSA) is 51.0 Å². The highest BCUT2D eigenvalue weighted by Gasteiger charge is 2.10. The summed E-state index contributed by atoms with van der Waals surface area (Å²) in [7, 11) is 0. The lowest BCUT2D eigenvalue weighted by molar-refractivity contribution is 0.505. The van der Waals surface area contributed by atoms with Crippen molar-refractivity contribution in [3.63, 3.8) is 0 Å². The second-order valence-electron chi connectivity index (χ2n) is 3.54. The maximum atomic E-state index is 5.88. The van der Waals surface area contributed by atoms with Crippen LogP contribution in [0.25, 0.3) is 0 Å². The minimum Gasteiger partial charge on any atom is -0.406 e. The molecular formula is C11H11Cl2N3O. The van der Waals surface area contributed by atoms with Crippen LogP contribution in [-0.4, -0.2) is 10.2 Å². The molecular weight excluding hydrogens is 261 g/mol. The van der Waals surface area contributed by atoms with Crippen LogP contribution in [0, 0.1) is 0 Å². The van der Waals surface area contributed by atoms with E-state index in [1.165, 1.54) is 0 Å². The average Bonchev–Trinajstić information content (AvgIpc) is 2.75. The van der Waals surface area contributed by atoms with Crippen LogP contribution < -0.4 is 5.32 Å². The lowest BCUT2D eigenvalue weighted by atomic mass is 10.2. The monoisotopic (exact) mass is 271 g/mol. The van der Waals surface area contributed by atoms with Crippen molar-refractivity contribution in [3.05, 3.63) is 40.7 Å². The van der Waals surface area contributed by atoms with E-state index >= 15 is 0 Å². The molecule has 1 N–H and O–H groups in total. The van der Waals surface area contributed by atoms with Crippen LogP contribution in [0.5, 0.6) is 0 Å². The number of rotatable bonds is 4. The minimum absolute atomic E-state index is 0.288. The predicted octanol–water partition coefficient (Wildman–Crippen LogP) is 3.63. The number of hydrogen-bond donors (Lipinski definition) is 1. The summed E-state index contributed by atoms with van der Waals surface area (Å²) >= 11 is 11.7. The van der Waals surface area contributed by atoms with Crippen LogP contribution in [-0.2, 0) is 6.54 Å². The third-order valence-corrected chi connectivity index (χ3v) is 2.54. The molecule has 0 radical (unpaired) electrons. The molecule has 1 aromatic heterocycles. The van der Waals surface area contributed by atoms with Crippen LogP contribution >= 0.6 is 23.2 Å². The molecule has 6 heteroatoms. The van der Waals surface area contributed by atoms with Gasteiger partial charge in [-0.25, -0.2) is 0 Å². The van der Waals surface area contributed by atoms with Gasteiger partial charge in [0.05, 0.1) is 0 Å². The van der Waals surface area contributed by atoms with E-state index in [4.69, 9.17) is 27.6 Å². The number of halogens is 2. The van der Waals surface area contributed by atoms with Crippen molar-refractivity contribution in [1.29, 1.82) is 0 Å². The van der Waals surface area contributed by atoms with Crippen molar-refractivity contribution >= 4 is 29.2 Å². The highest BCUT2D eigenvalue weighted by atomic mass is 35.5. The number of aromatic nitrogens is 2. The molecule has 1 atom stereocenters. The van der Waals surface area contributed by atoms with E-state index in [1.54, 1.807) is 6.92 Å². The van der Waals surface area contributed by atoms with E-state index in [0.717, 1.165) is 5.56 Å². The maximum absolute atomic E-state index is 5.88. The molecule has 2 aromatic rings. The van der Waals surface area contributed by atoms with E-state index in [2.05, 4.69) is 15.5 Å². The highest BCUT2D eigenvalue weighted by molar-refractivity contribution is 6.30. The molecule has 0 amide bonds. The van der Waals surface area contributed by atoms with Gasteiger partial charge in [0.15, 0.2) is 0 Å². The number of nitrogens with one attached hydrogen (secondary N) is 1. The van der Waals surface area contributed by atoms with Crippen LogP contribution in [0.3, 0.4) is 0 Å². The van der Waals surface area contributed by atoms with Gasteiger partial charge in [-0.3, -0.25) is 0 Å². The molecule has 1 aromatic carbocycles. The van der Waals surface area contributed by atoms with Crippen molar-refractivity contribution < 1.29 is 4.42 Å². The van der Waals surface area contributed by atoms with Gasteiger partial charge in [0, 0.05) is 11.6 Å². The Morgan fingerprint density at radius 2 is 2.24 bits per heavy atom. The Morgan fingerprint density at radius 3 is 2.88 bits per heavy atom. The third kappa shape index (κ3) is 3.35. The summed E-state index contributed by atoms with van der Waals surface area (Å²) in [6, 6.07) is 7.90.